The van der Waals surface area contributed by atoms with Crippen LogP contribution in [0.5, 0.6) is 5.75 Å². The van der Waals surface area contributed by atoms with Crippen LogP contribution in [0.2, 0.25) is 5.02 Å². The van der Waals surface area contributed by atoms with Gasteiger partial charge in [0.2, 0.25) is 0 Å². The third kappa shape index (κ3) is 3.14. The summed E-state index contributed by atoms with van der Waals surface area (Å²) in [5.74, 6) is -0.0421. The van der Waals surface area contributed by atoms with E-state index < -0.39 is 11.4 Å². The zero-order valence-corrected chi connectivity index (χ0v) is 13.2. The summed E-state index contributed by atoms with van der Waals surface area (Å²) in [6.45, 7) is 2.46. The van der Waals surface area contributed by atoms with Gasteiger partial charge in [0, 0.05) is 0 Å². The fourth-order valence-electron chi connectivity index (χ4n) is 2.33. The van der Waals surface area contributed by atoms with E-state index in [1.807, 2.05) is 31.2 Å². The molecule has 0 saturated heterocycles. The first-order chi connectivity index (χ1) is 11.1. The highest BCUT2D eigenvalue weighted by Gasteiger charge is 2.12. The molecule has 0 fully saturated rings. The van der Waals surface area contributed by atoms with Crippen LogP contribution < -0.4 is 16.1 Å². The normalized spacial score (nSPS) is 10.9. The highest BCUT2D eigenvalue weighted by Crippen LogP contribution is 2.19. The number of fused-ring (bicyclic) bond motifs is 1. The Morgan fingerprint density at radius 3 is 2.61 bits per heavy atom. The Hall–Kier alpha value is -2.53. The van der Waals surface area contributed by atoms with E-state index in [2.05, 4.69) is 0 Å². The van der Waals surface area contributed by atoms with Crippen molar-refractivity contribution in [1.82, 2.24) is 4.57 Å². The molecule has 2 aromatic carbocycles. The average Bonchev–Trinajstić information content (AvgIpc) is 2.53. The summed E-state index contributed by atoms with van der Waals surface area (Å²) >= 11 is 6.14. The predicted molar refractivity (Wildman–Crippen MR) is 88.4 cm³/mol. The first-order valence-corrected chi connectivity index (χ1v) is 7.46. The van der Waals surface area contributed by atoms with E-state index in [4.69, 9.17) is 20.8 Å². The Kier molecular flexibility index (Phi) is 4.21. The maximum absolute atomic E-state index is 12.0. The highest BCUT2D eigenvalue weighted by molar-refractivity contribution is 6.35. The molecule has 0 bridgehead atoms. The van der Waals surface area contributed by atoms with Gasteiger partial charge in [0.15, 0.2) is 0 Å². The summed E-state index contributed by atoms with van der Waals surface area (Å²) in [5, 5.41) is 0.593. The summed E-state index contributed by atoms with van der Waals surface area (Å²) < 4.78 is 11.7. The summed E-state index contributed by atoms with van der Waals surface area (Å²) in [7, 11) is 0. The van der Waals surface area contributed by atoms with Crippen LogP contribution in [0.15, 0.2) is 56.5 Å². The van der Waals surface area contributed by atoms with Gasteiger partial charge in [-0.2, -0.15) is 0 Å². The summed E-state index contributed by atoms with van der Waals surface area (Å²) in [6.07, 6.45) is 0. The van der Waals surface area contributed by atoms with Crippen molar-refractivity contribution in [3.63, 3.8) is 0 Å². The van der Waals surface area contributed by atoms with E-state index in [1.54, 1.807) is 18.2 Å². The lowest BCUT2D eigenvalue weighted by Crippen LogP contribution is -2.27. The smallest absolute Gasteiger partial charge is 0.422 e. The van der Waals surface area contributed by atoms with Gasteiger partial charge >= 0.3 is 11.4 Å². The molecule has 0 atom stereocenters. The van der Waals surface area contributed by atoms with Crippen molar-refractivity contribution in [3.8, 4) is 5.75 Å². The highest BCUT2D eigenvalue weighted by atomic mass is 35.5. The van der Waals surface area contributed by atoms with Crippen molar-refractivity contribution in [2.24, 2.45) is 0 Å². The monoisotopic (exact) mass is 331 g/mol. The Morgan fingerprint density at radius 1 is 1.13 bits per heavy atom. The molecule has 0 aliphatic rings. The lowest BCUT2D eigenvalue weighted by Gasteiger charge is -2.11. The largest absolute Gasteiger partial charge is 0.492 e. The number of para-hydroxylation sites is 1. The van der Waals surface area contributed by atoms with Crippen LogP contribution >= 0.6 is 11.6 Å². The number of nitrogens with zero attached hydrogens (tertiary/aromatic N) is 1. The number of ether oxygens (including phenoxy) is 1. The molecule has 0 unspecified atom stereocenters. The molecule has 1 aromatic heterocycles. The van der Waals surface area contributed by atoms with Crippen molar-refractivity contribution in [3.05, 3.63) is 74.0 Å². The van der Waals surface area contributed by atoms with Crippen LogP contribution in [0.1, 0.15) is 5.56 Å². The third-order valence-corrected chi connectivity index (χ3v) is 3.79. The summed E-state index contributed by atoms with van der Waals surface area (Å²) in [4.78, 5) is 23.7. The number of aromatic nitrogens is 1. The van der Waals surface area contributed by atoms with E-state index in [-0.39, 0.29) is 18.5 Å². The molecule has 0 radical (unpaired) electrons. The fourth-order valence-corrected chi connectivity index (χ4v) is 2.60. The number of halogens is 1. The lowest BCUT2D eigenvalue weighted by molar-refractivity contribution is 0.287. The molecule has 0 saturated carbocycles. The number of hydrogen-bond donors (Lipinski definition) is 0. The lowest BCUT2D eigenvalue weighted by atomic mass is 10.2. The SMILES string of the molecule is Cc1ccc(OCCn2c(=O)oc(=O)c3cccc(Cl)c32)cc1. The van der Waals surface area contributed by atoms with Crippen molar-refractivity contribution in [1.29, 1.82) is 0 Å². The van der Waals surface area contributed by atoms with Crippen molar-refractivity contribution in [2.45, 2.75) is 13.5 Å². The minimum Gasteiger partial charge on any atom is -0.492 e. The third-order valence-electron chi connectivity index (χ3n) is 3.48. The molecule has 0 aliphatic heterocycles. The van der Waals surface area contributed by atoms with Crippen LogP contribution in [0.25, 0.3) is 10.9 Å². The molecule has 5 nitrogen and oxygen atoms in total. The van der Waals surface area contributed by atoms with Gasteiger partial charge in [-0.15, -0.1) is 0 Å². The van der Waals surface area contributed by atoms with Crippen LogP contribution in [-0.4, -0.2) is 11.2 Å². The minimum absolute atomic E-state index is 0.219. The van der Waals surface area contributed by atoms with E-state index in [9.17, 15) is 9.59 Å². The first kappa shape index (κ1) is 15.4. The van der Waals surface area contributed by atoms with Crippen LogP contribution in [0, 0.1) is 6.92 Å². The molecule has 6 heteroatoms. The quantitative estimate of drug-likeness (QED) is 0.737. The number of aryl methyl sites for hydroxylation is 1. The molecule has 3 aromatic rings. The first-order valence-electron chi connectivity index (χ1n) is 7.08. The average molecular weight is 332 g/mol. The topological polar surface area (TPSA) is 61.4 Å². The molecule has 0 N–H and O–H groups in total. The van der Waals surface area contributed by atoms with Gasteiger partial charge in [0.25, 0.3) is 0 Å². The van der Waals surface area contributed by atoms with Crippen LogP contribution in [0.4, 0.5) is 0 Å². The second-order valence-electron chi connectivity index (χ2n) is 5.10. The van der Waals surface area contributed by atoms with Gasteiger partial charge in [-0.3, -0.25) is 4.57 Å². The Balaban J connectivity index is 1.89. The van der Waals surface area contributed by atoms with Gasteiger partial charge in [-0.25, -0.2) is 9.59 Å². The second kappa shape index (κ2) is 6.30. The number of benzene rings is 2. The van der Waals surface area contributed by atoms with E-state index >= 15 is 0 Å². The molecular weight excluding hydrogens is 318 g/mol. The zero-order chi connectivity index (χ0) is 16.4. The molecular formula is C17H14ClNO4. The standard InChI is InChI=1S/C17H14ClNO4/c1-11-5-7-12(8-6-11)22-10-9-19-15-13(3-2-4-14(15)18)16(20)23-17(19)21/h2-8H,9-10H2,1H3. The zero-order valence-electron chi connectivity index (χ0n) is 12.4. The van der Waals surface area contributed by atoms with E-state index in [0.29, 0.717) is 16.3 Å². The van der Waals surface area contributed by atoms with Crippen LogP contribution in [0.3, 0.4) is 0 Å². The number of rotatable bonds is 4. The van der Waals surface area contributed by atoms with Gasteiger partial charge in [0.05, 0.1) is 22.5 Å². The van der Waals surface area contributed by atoms with Gasteiger partial charge in [0.1, 0.15) is 12.4 Å². The van der Waals surface area contributed by atoms with E-state index in [0.717, 1.165) is 5.56 Å². The fraction of sp³-hybridized carbons (Fsp3) is 0.176. The maximum atomic E-state index is 12.0. The minimum atomic E-state index is -0.747. The predicted octanol–water partition coefficient (Wildman–Crippen LogP) is 3.00. The summed E-state index contributed by atoms with van der Waals surface area (Å²) in [5.41, 5.74) is 0.808. The molecule has 3 rings (SSSR count). The second-order valence-corrected chi connectivity index (χ2v) is 5.51. The van der Waals surface area contributed by atoms with Crippen molar-refractivity contribution < 1.29 is 9.15 Å². The molecule has 0 spiro atoms. The van der Waals surface area contributed by atoms with Gasteiger partial charge in [-0.1, -0.05) is 35.4 Å². The molecule has 0 amide bonds. The Bertz CT molecular complexity index is 957. The van der Waals surface area contributed by atoms with Gasteiger partial charge < -0.3 is 9.15 Å². The number of hydrogen-bond acceptors (Lipinski definition) is 4. The van der Waals surface area contributed by atoms with Crippen molar-refractivity contribution in [2.75, 3.05) is 6.61 Å². The molecule has 0 aliphatic carbocycles. The molecule has 1 heterocycles. The summed E-state index contributed by atoms with van der Waals surface area (Å²) in [6, 6.07) is 12.4. The van der Waals surface area contributed by atoms with E-state index in [1.165, 1.54) is 4.57 Å². The molecule has 118 valence electrons. The van der Waals surface area contributed by atoms with Crippen molar-refractivity contribution >= 4 is 22.5 Å². The Labute approximate surface area is 136 Å². The van der Waals surface area contributed by atoms with Gasteiger partial charge in [-0.05, 0) is 31.2 Å². The Morgan fingerprint density at radius 2 is 1.87 bits per heavy atom. The van der Waals surface area contributed by atoms with Crippen LogP contribution in [-0.2, 0) is 6.54 Å². The maximum Gasteiger partial charge on any atom is 0.422 e. The molecule has 23 heavy (non-hydrogen) atoms.